The third-order valence-electron chi connectivity index (χ3n) is 14.8. The summed E-state index contributed by atoms with van der Waals surface area (Å²) in [6.07, 6.45) is -14.7. The Morgan fingerprint density at radius 2 is 0.918 bits per heavy atom. The van der Waals surface area contributed by atoms with E-state index in [2.05, 4.69) is 68.8 Å². The Hall–Kier alpha value is -5.94. The minimum absolute atomic E-state index is 0.0183. The lowest BCUT2D eigenvalue weighted by molar-refractivity contribution is -0.143. The van der Waals surface area contributed by atoms with Crippen molar-refractivity contribution in [2.75, 3.05) is 75.6 Å². The Balaban J connectivity index is 0.000000394. The van der Waals surface area contributed by atoms with E-state index in [0.29, 0.717) is 0 Å². The second-order valence-corrected chi connectivity index (χ2v) is 35.2. The number of rotatable bonds is 43. The number of carboxylic acids is 2. The summed E-state index contributed by atoms with van der Waals surface area (Å²) in [4.78, 5) is 195. The van der Waals surface area contributed by atoms with Crippen LogP contribution in [0.15, 0.2) is 25.3 Å². The van der Waals surface area contributed by atoms with Crippen LogP contribution in [0.2, 0.25) is 0 Å². The summed E-state index contributed by atoms with van der Waals surface area (Å²) in [5.74, 6) is -6.53. The molecule has 0 spiro atoms. The maximum absolute atomic E-state index is 12.6. The van der Waals surface area contributed by atoms with Crippen molar-refractivity contribution in [1.82, 2.24) is 60.3 Å². The molecule has 2 fully saturated rings. The quantitative estimate of drug-likeness (QED) is 0.0119. The Morgan fingerprint density at radius 3 is 1.28 bits per heavy atom. The number of amides is 4. The van der Waals surface area contributed by atoms with Gasteiger partial charge in [-0.05, 0) is 6.92 Å². The second-order valence-electron chi connectivity index (χ2n) is 24.5. The van der Waals surface area contributed by atoms with Gasteiger partial charge in [-0.1, -0.05) is 51.2 Å². The number of carbonyl (C=O) groups is 8. The summed E-state index contributed by atoms with van der Waals surface area (Å²) in [5.41, 5.74) is 8.39. The van der Waals surface area contributed by atoms with E-state index in [1.165, 1.54) is 34.6 Å². The molecule has 110 heavy (non-hydrogen) atoms. The molecule has 2 aliphatic heterocycles. The van der Waals surface area contributed by atoms with Crippen LogP contribution in [0.5, 0.6) is 0 Å². The molecule has 0 saturated carbocycles. The van der Waals surface area contributed by atoms with E-state index in [1.54, 1.807) is 0 Å². The number of aromatic nitrogens is 8. The number of hydrogen-bond donors (Lipinski definition) is 20. The van der Waals surface area contributed by atoms with Crippen molar-refractivity contribution in [3.63, 3.8) is 0 Å². The monoisotopic (exact) mass is 1730 g/mol. The molecule has 0 radical (unpaired) electrons. The van der Waals surface area contributed by atoms with Gasteiger partial charge in [0.05, 0.1) is 45.5 Å². The van der Waals surface area contributed by atoms with E-state index in [9.17, 15) is 125 Å². The predicted octanol–water partition coefficient (Wildman–Crippen LogP) is -3.09. The number of phosphoric acid groups is 6. The molecule has 6 rings (SSSR count). The summed E-state index contributed by atoms with van der Waals surface area (Å²) in [6, 6.07) is 0. The molecule has 2 saturated heterocycles. The fourth-order valence-corrected chi connectivity index (χ4v) is 16.2. The van der Waals surface area contributed by atoms with Gasteiger partial charge in [-0.2, -0.15) is 8.62 Å². The molecule has 6 heterocycles. The highest BCUT2D eigenvalue weighted by Gasteiger charge is 2.53. The fourth-order valence-electron chi connectivity index (χ4n) is 9.08. The summed E-state index contributed by atoms with van der Waals surface area (Å²) < 4.78 is 124. The molecule has 0 aliphatic carbocycles. The molecular formula is C50H80N14O38P6S2. The molecule has 22 N–H and O–H groups in total. The maximum Gasteiger partial charge on any atom is 0.481 e. The van der Waals surface area contributed by atoms with Gasteiger partial charge in [0.15, 0.2) is 40.5 Å². The number of aliphatic carboxylic acids is 2. The van der Waals surface area contributed by atoms with Crippen molar-refractivity contribution in [1.29, 1.82) is 0 Å². The zero-order valence-corrected chi connectivity index (χ0v) is 64.9. The summed E-state index contributed by atoms with van der Waals surface area (Å²) >= 11 is 1.57. The van der Waals surface area contributed by atoms with Gasteiger partial charge in [0.1, 0.15) is 78.4 Å². The number of phosphoric ester groups is 6. The first kappa shape index (κ1) is 94.7. The number of anilines is 2. The number of aliphatic hydroxyl groups is 4. The Morgan fingerprint density at radius 1 is 0.545 bits per heavy atom. The summed E-state index contributed by atoms with van der Waals surface area (Å²) in [6.45, 7) is 1.56. The SMILES string of the molecule is CC(C(=O)O)C(=O)SCCNC(=O)CCNC(=O)[C@H](O)C(C)(C)COP(=O)(O)OP(=O)(O)OC[C@H]1O[C@@H](n2cnc3c(N)ncnc32)[C@H](O)[C@@H]1OP(=O)(O)O.CC(C)(COP(=O)(O)OP(=O)(O)OC[C@H]1O[C@@H](n2cnc3c(N)ncnc32)[C@H](O)[C@@H]1OP(=O)(O)O)[C@@H](O)C(=O)NCCC(=O)NCCSC(=O)CCC(=O)O. The molecule has 60 heteroatoms. The van der Waals surface area contributed by atoms with Gasteiger partial charge < -0.3 is 112 Å². The van der Waals surface area contributed by atoms with Gasteiger partial charge in [0.25, 0.3) is 0 Å². The van der Waals surface area contributed by atoms with Gasteiger partial charge in [0.2, 0.25) is 28.7 Å². The minimum Gasteiger partial charge on any atom is -0.481 e. The number of carbonyl (C=O) groups excluding carboxylic acids is 6. The third kappa shape index (κ3) is 29.8. The smallest absolute Gasteiger partial charge is 0.481 e. The Labute approximate surface area is 628 Å². The molecule has 4 aromatic rings. The van der Waals surface area contributed by atoms with E-state index in [4.69, 9.17) is 49.2 Å². The van der Waals surface area contributed by atoms with E-state index in [-0.39, 0.29) is 102 Å². The lowest BCUT2D eigenvalue weighted by Gasteiger charge is -2.30. The van der Waals surface area contributed by atoms with Crippen molar-refractivity contribution in [3.8, 4) is 0 Å². The third-order valence-corrected chi connectivity index (χ3v) is 23.0. The van der Waals surface area contributed by atoms with E-state index in [0.717, 1.165) is 58.0 Å². The van der Waals surface area contributed by atoms with Crippen LogP contribution in [0.3, 0.4) is 0 Å². The second kappa shape index (κ2) is 40.4. The summed E-state index contributed by atoms with van der Waals surface area (Å²) in [5, 5.41) is 68.7. The van der Waals surface area contributed by atoms with Gasteiger partial charge in [-0.25, -0.2) is 57.3 Å². The van der Waals surface area contributed by atoms with Crippen molar-refractivity contribution in [2.24, 2.45) is 16.7 Å². The number of thioether (sulfide) groups is 2. The standard InChI is InChI=1S/2C25H40N7O19P3S/c1-12(23(37)38)24(39)55-7-6-27-14(33)4-5-28-21(36)18(35)25(2,3)9-48-54(45,46)51-53(43,44)47-8-13-17(50-52(40,41)42)16(34)22(49-13)32-11-31-15-19(26)29-10-30-20(15)32;1-25(2,20(38)23(39)28-6-5-14(33)27-7-8-55-16(36)4-3-15(34)35)10-48-54(45,46)51-53(43,44)47-9-13-19(50-52(40,41)42)18(37)24(49-13)32-12-31-17-21(26)29-11-30-22(17)32/h10-13,16-18,22,34-35H,4-9H2,1-3H3,(H,27,33)(H,28,36)(H,37,38)(H,43,44)(H,45,46)(H2,26,29,30)(H2,40,41,42);11-13,18-20,24,37-38H,3-10H2,1-2H3,(H,27,33)(H,28,39)(H,34,35)(H,43,44)(H,45,46)(H2,26,29,30)(H2,40,41,42)/t12?,13-,16-,17-,18+,22-;13-,18-,19-,20+,24-/m11/s1. The number of nitrogen functional groups attached to an aromatic ring is 2. The van der Waals surface area contributed by atoms with E-state index in [1.807, 2.05) is 0 Å². The molecule has 4 amide bonds. The van der Waals surface area contributed by atoms with Gasteiger partial charge >= 0.3 is 58.9 Å². The van der Waals surface area contributed by atoms with E-state index >= 15 is 0 Å². The highest BCUT2D eigenvalue weighted by molar-refractivity contribution is 8.14. The molecule has 2 aliphatic rings. The number of hydrogen-bond acceptors (Lipinski definition) is 38. The first-order valence-corrected chi connectivity index (χ1v) is 42.3. The van der Waals surface area contributed by atoms with Crippen molar-refractivity contribution >= 4 is 150 Å². The number of carboxylic acid groups (broad SMARTS) is 2. The van der Waals surface area contributed by atoms with Gasteiger partial charge in [-0.3, -0.25) is 74.6 Å². The Kier molecular flexibility index (Phi) is 34.7. The van der Waals surface area contributed by atoms with Crippen LogP contribution in [0, 0.1) is 16.7 Å². The molecular weight excluding hydrogens is 1650 g/mol. The number of fused-ring (bicyclic) bond motifs is 2. The molecule has 15 atom stereocenters. The number of nitrogens with one attached hydrogen (secondary N) is 4. The first-order chi connectivity index (χ1) is 50.7. The molecule has 0 aromatic carbocycles. The average molecular weight is 1740 g/mol. The van der Waals surface area contributed by atoms with Crippen LogP contribution < -0.4 is 32.7 Å². The Bertz CT molecular complexity index is 4230. The van der Waals surface area contributed by atoms with Crippen molar-refractivity contribution in [3.05, 3.63) is 25.3 Å². The van der Waals surface area contributed by atoms with Crippen LogP contribution in [-0.2, 0) is 111 Å². The largest absolute Gasteiger partial charge is 0.481 e. The number of nitrogens with two attached hydrogens (primary N) is 2. The van der Waals surface area contributed by atoms with Crippen molar-refractivity contribution < 1.29 is 181 Å². The van der Waals surface area contributed by atoms with Crippen LogP contribution in [0.25, 0.3) is 22.3 Å². The molecule has 0 bridgehead atoms. The molecule has 620 valence electrons. The highest BCUT2D eigenvalue weighted by Crippen LogP contribution is 2.63. The molecule has 5 unspecified atom stereocenters. The van der Waals surface area contributed by atoms with Crippen LogP contribution >= 0.6 is 70.5 Å². The summed E-state index contributed by atoms with van der Waals surface area (Å²) in [7, 11) is -32.9. The fraction of sp³-hybridized carbons (Fsp3) is 0.640. The zero-order valence-electron chi connectivity index (χ0n) is 57.9. The lowest BCUT2D eigenvalue weighted by atomic mass is 9.87. The minimum atomic E-state index is -5.59. The number of ether oxygens (including phenoxy) is 2. The topological polar surface area (TPSA) is 802 Å². The maximum atomic E-state index is 12.6. The van der Waals surface area contributed by atoms with Crippen LogP contribution in [0.1, 0.15) is 72.8 Å². The highest BCUT2D eigenvalue weighted by atomic mass is 32.2. The normalized spacial score (nSPS) is 22.0. The molecule has 52 nitrogen and oxygen atoms in total. The first-order valence-electron chi connectivity index (χ1n) is 31.3. The zero-order chi connectivity index (χ0) is 82.9. The van der Waals surface area contributed by atoms with E-state index < -0.39 is 192 Å². The number of aliphatic hydroxyl groups excluding tert-OH is 4. The van der Waals surface area contributed by atoms with Crippen LogP contribution in [-0.4, -0.2) is 268 Å². The number of nitrogens with zero attached hydrogens (tertiary/aromatic N) is 8. The van der Waals surface area contributed by atoms with Crippen LogP contribution in [0.4, 0.5) is 11.6 Å². The van der Waals surface area contributed by atoms with Gasteiger partial charge in [0, 0.05) is 67.8 Å². The average Bonchev–Trinajstić information content (AvgIpc) is 1.62. The molecule has 4 aromatic heterocycles. The lowest BCUT2D eigenvalue weighted by Crippen LogP contribution is -2.46. The van der Waals surface area contributed by atoms with Crippen molar-refractivity contribution in [2.45, 2.75) is 122 Å². The number of imidazole rings is 2. The van der Waals surface area contributed by atoms with Gasteiger partial charge in [-0.15, -0.1) is 0 Å². The predicted molar refractivity (Wildman–Crippen MR) is 368 cm³/mol.